The number of rotatable bonds is 6. The number of alkyl halides is 4. The maximum absolute atomic E-state index is 12.8. The fraction of sp³-hybridized carbons (Fsp3) is 0.889. The SMILES string of the molecule is CC(C)(C)C(=O)OCCOC(F)(F)C(F)(F)S(=O)(=O)O. The van der Waals surface area contributed by atoms with Crippen LogP contribution in [0, 0.1) is 5.41 Å². The summed E-state index contributed by atoms with van der Waals surface area (Å²) in [4.78, 5) is 11.2. The van der Waals surface area contributed by atoms with Gasteiger partial charge in [-0.15, -0.1) is 0 Å². The Morgan fingerprint density at radius 1 is 1.10 bits per heavy atom. The van der Waals surface area contributed by atoms with Crippen LogP contribution in [0.4, 0.5) is 17.6 Å². The molecule has 6 nitrogen and oxygen atoms in total. The fourth-order valence-corrected chi connectivity index (χ4v) is 1.11. The molecule has 0 aliphatic carbocycles. The first kappa shape index (κ1) is 19.1. The van der Waals surface area contributed by atoms with Crippen LogP contribution in [0.5, 0.6) is 0 Å². The van der Waals surface area contributed by atoms with Crippen LogP contribution in [0.15, 0.2) is 0 Å². The Labute approximate surface area is 112 Å². The van der Waals surface area contributed by atoms with Gasteiger partial charge in [-0.3, -0.25) is 9.35 Å². The van der Waals surface area contributed by atoms with Gasteiger partial charge in [0.2, 0.25) is 0 Å². The Morgan fingerprint density at radius 2 is 1.55 bits per heavy atom. The van der Waals surface area contributed by atoms with Crippen molar-refractivity contribution in [2.75, 3.05) is 13.2 Å². The van der Waals surface area contributed by atoms with E-state index >= 15 is 0 Å². The molecule has 0 saturated heterocycles. The van der Waals surface area contributed by atoms with Crippen LogP contribution in [-0.2, 0) is 24.4 Å². The van der Waals surface area contributed by atoms with Crippen LogP contribution in [0.1, 0.15) is 20.8 Å². The lowest BCUT2D eigenvalue weighted by molar-refractivity contribution is -0.320. The summed E-state index contributed by atoms with van der Waals surface area (Å²) in [6.07, 6.45) is -5.46. The highest BCUT2D eigenvalue weighted by Gasteiger charge is 2.67. The van der Waals surface area contributed by atoms with Crippen LogP contribution in [0.25, 0.3) is 0 Å². The molecule has 0 aliphatic heterocycles. The second-order valence-corrected chi connectivity index (χ2v) is 6.21. The minimum Gasteiger partial charge on any atom is -0.463 e. The zero-order valence-corrected chi connectivity index (χ0v) is 11.6. The van der Waals surface area contributed by atoms with Crippen LogP contribution in [0.2, 0.25) is 0 Å². The Bertz CT molecular complexity index is 454. The first-order valence-corrected chi connectivity index (χ1v) is 6.61. The molecule has 0 aliphatic rings. The van der Waals surface area contributed by atoms with Crippen LogP contribution in [0.3, 0.4) is 0 Å². The summed E-state index contributed by atoms with van der Waals surface area (Å²) < 4.78 is 87.0. The highest BCUT2D eigenvalue weighted by molar-refractivity contribution is 7.86. The second-order valence-electron chi connectivity index (χ2n) is 4.74. The molecule has 0 rings (SSSR count). The number of hydrogen-bond acceptors (Lipinski definition) is 5. The van der Waals surface area contributed by atoms with Gasteiger partial charge in [0.25, 0.3) is 0 Å². The van der Waals surface area contributed by atoms with E-state index in [1.165, 1.54) is 20.8 Å². The van der Waals surface area contributed by atoms with Crippen molar-refractivity contribution in [1.29, 1.82) is 0 Å². The summed E-state index contributed by atoms with van der Waals surface area (Å²) in [5.74, 6) is -0.786. The average molecular weight is 326 g/mol. The third-order valence-corrected chi connectivity index (χ3v) is 2.76. The Kier molecular flexibility index (Phi) is 5.54. The number of halogens is 4. The molecule has 0 aromatic rings. The lowest BCUT2D eigenvalue weighted by Crippen LogP contribution is -2.49. The molecule has 0 bridgehead atoms. The first-order valence-electron chi connectivity index (χ1n) is 5.17. The van der Waals surface area contributed by atoms with E-state index in [1.54, 1.807) is 0 Å². The molecule has 0 atom stereocenters. The predicted molar refractivity (Wildman–Crippen MR) is 57.8 cm³/mol. The zero-order valence-electron chi connectivity index (χ0n) is 10.8. The van der Waals surface area contributed by atoms with Gasteiger partial charge in [0, 0.05) is 0 Å². The van der Waals surface area contributed by atoms with E-state index < -0.39 is 46.1 Å². The number of hydrogen-bond donors (Lipinski definition) is 1. The van der Waals surface area contributed by atoms with Crippen molar-refractivity contribution in [2.45, 2.75) is 32.1 Å². The molecule has 0 saturated carbocycles. The van der Waals surface area contributed by atoms with Crippen molar-refractivity contribution in [2.24, 2.45) is 5.41 Å². The number of ether oxygens (including phenoxy) is 2. The monoisotopic (exact) mass is 326 g/mol. The lowest BCUT2D eigenvalue weighted by Gasteiger charge is -2.23. The van der Waals surface area contributed by atoms with Gasteiger partial charge in [0.1, 0.15) is 6.61 Å². The molecule has 0 aromatic heterocycles. The van der Waals surface area contributed by atoms with Gasteiger partial charge < -0.3 is 9.47 Å². The van der Waals surface area contributed by atoms with E-state index in [9.17, 15) is 30.8 Å². The molecule has 0 fully saturated rings. The molecule has 0 heterocycles. The van der Waals surface area contributed by atoms with E-state index in [-0.39, 0.29) is 0 Å². The molecule has 0 unspecified atom stereocenters. The van der Waals surface area contributed by atoms with Gasteiger partial charge in [-0.25, -0.2) is 0 Å². The van der Waals surface area contributed by atoms with Crippen molar-refractivity contribution in [3.05, 3.63) is 0 Å². The smallest absolute Gasteiger partial charge is 0.459 e. The predicted octanol–water partition coefficient (Wildman–Crippen LogP) is 1.67. The highest BCUT2D eigenvalue weighted by atomic mass is 32.2. The number of carbonyl (C=O) groups is 1. The van der Waals surface area contributed by atoms with Crippen molar-refractivity contribution < 1.29 is 44.8 Å². The third kappa shape index (κ3) is 4.56. The third-order valence-electron chi connectivity index (χ3n) is 1.88. The number of esters is 1. The van der Waals surface area contributed by atoms with Crippen molar-refractivity contribution in [1.82, 2.24) is 0 Å². The van der Waals surface area contributed by atoms with Crippen LogP contribution >= 0.6 is 0 Å². The maximum atomic E-state index is 12.8. The largest absolute Gasteiger partial charge is 0.463 e. The lowest BCUT2D eigenvalue weighted by atomic mass is 9.97. The highest BCUT2D eigenvalue weighted by Crippen LogP contribution is 2.38. The standard InChI is InChI=1S/C9H14F4O6S/c1-7(2,3)6(14)18-4-5-19-8(10,11)9(12,13)20(15,16)17/h4-5H2,1-3H3,(H,15,16,17). The summed E-state index contributed by atoms with van der Waals surface area (Å²) >= 11 is 0. The molecule has 0 amide bonds. The van der Waals surface area contributed by atoms with Crippen molar-refractivity contribution >= 4 is 16.1 Å². The average Bonchev–Trinajstić information content (AvgIpc) is 2.20. The van der Waals surface area contributed by atoms with Crippen molar-refractivity contribution in [3.63, 3.8) is 0 Å². The van der Waals surface area contributed by atoms with Crippen LogP contribution < -0.4 is 0 Å². The molecule has 0 radical (unpaired) electrons. The molecular weight excluding hydrogens is 312 g/mol. The van der Waals surface area contributed by atoms with E-state index in [1.807, 2.05) is 0 Å². The molecule has 0 aromatic carbocycles. The van der Waals surface area contributed by atoms with Gasteiger partial charge >= 0.3 is 27.5 Å². The Morgan fingerprint density at radius 3 is 1.90 bits per heavy atom. The minimum atomic E-state index is -6.35. The summed E-state index contributed by atoms with van der Waals surface area (Å²) in [5, 5.41) is -5.81. The Balaban J connectivity index is 4.50. The first-order chi connectivity index (χ1) is 8.63. The van der Waals surface area contributed by atoms with Gasteiger partial charge in [-0.1, -0.05) is 0 Å². The molecule has 20 heavy (non-hydrogen) atoms. The minimum absolute atomic E-state index is 0.784. The number of carbonyl (C=O) groups excluding carboxylic acids is 1. The van der Waals surface area contributed by atoms with E-state index in [0.717, 1.165) is 0 Å². The summed E-state index contributed by atoms with van der Waals surface area (Å²) in [7, 11) is -6.35. The fourth-order valence-electron chi connectivity index (χ4n) is 0.755. The molecule has 120 valence electrons. The van der Waals surface area contributed by atoms with Crippen LogP contribution in [-0.4, -0.2) is 43.5 Å². The van der Waals surface area contributed by atoms with E-state index in [0.29, 0.717) is 0 Å². The van der Waals surface area contributed by atoms with Gasteiger partial charge in [-0.2, -0.15) is 26.0 Å². The Hall–Kier alpha value is -0.940. The maximum Gasteiger partial charge on any atom is 0.459 e. The normalized spacial score (nSPS) is 14.2. The molecule has 11 heteroatoms. The molecular formula is C9H14F4O6S. The van der Waals surface area contributed by atoms with Crippen molar-refractivity contribution in [3.8, 4) is 0 Å². The van der Waals surface area contributed by atoms with E-state index in [4.69, 9.17) is 4.55 Å². The van der Waals surface area contributed by atoms with Gasteiger partial charge in [0.15, 0.2) is 0 Å². The quantitative estimate of drug-likeness (QED) is 0.346. The zero-order chi connectivity index (χ0) is 16.4. The summed E-state index contributed by atoms with van der Waals surface area (Å²) in [6, 6.07) is 0. The van der Waals surface area contributed by atoms with E-state index in [2.05, 4.69) is 9.47 Å². The van der Waals surface area contributed by atoms with Gasteiger partial charge in [-0.05, 0) is 20.8 Å². The summed E-state index contributed by atoms with van der Waals surface area (Å²) in [6.45, 7) is 2.44. The van der Waals surface area contributed by atoms with Gasteiger partial charge in [0.05, 0.1) is 12.0 Å². The molecule has 0 spiro atoms. The topological polar surface area (TPSA) is 89.9 Å². The summed E-state index contributed by atoms with van der Waals surface area (Å²) in [5.41, 5.74) is -0.930. The second kappa shape index (κ2) is 5.82. The molecule has 1 N–H and O–H groups in total.